The SMILES string of the molecule is C=CCn1c(SCCC(=O)Nc2c(Cl)cccc2Cl)nnc1-c1ccc(Br)cc1. The summed E-state index contributed by atoms with van der Waals surface area (Å²) in [6.45, 7) is 4.39. The molecule has 1 amide bonds. The van der Waals surface area contributed by atoms with E-state index in [-0.39, 0.29) is 12.3 Å². The number of amides is 1. The van der Waals surface area contributed by atoms with Crippen molar-refractivity contribution >= 4 is 62.5 Å². The summed E-state index contributed by atoms with van der Waals surface area (Å²) in [5.74, 6) is 1.12. The number of thioether (sulfide) groups is 1. The van der Waals surface area contributed by atoms with Crippen molar-refractivity contribution in [2.75, 3.05) is 11.1 Å². The molecule has 1 heterocycles. The Balaban J connectivity index is 1.65. The summed E-state index contributed by atoms with van der Waals surface area (Å²) in [5, 5.41) is 12.9. The Kier molecular flexibility index (Phi) is 7.77. The maximum Gasteiger partial charge on any atom is 0.225 e. The van der Waals surface area contributed by atoms with Gasteiger partial charge in [0.05, 0.1) is 15.7 Å². The molecule has 0 saturated heterocycles. The molecule has 2 aromatic carbocycles. The number of anilines is 1. The summed E-state index contributed by atoms with van der Waals surface area (Å²) in [4.78, 5) is 12.3. The third-order valence-corrected chi connectivity index (χ3v) is 6.05. The fourth-order valence-corrected chi connectivity index (χ4v) is 4.20. The first-order valence-electron chi connectivity index (χ1n) is 8.66. The molecule has 0 aliphatic heterocycles. The van der Waals surface area contributed by atoms with Gasteiger partial charge in [-0.05, 0) is 24.3 Å². The summed E-state index contributed by atoms with van der Waals surface area (Å²) >= 11 is 17.1. The van der Waals surface area contributed by atoms with Gasteiger partial charge in [0.15, 0.2) is 11.0 Å². The first-order chi connectivity index (χ1) is 14.0. The molecule has 3 aromatic rings. The topological polar surface area (TPSA) is 59.8 Å². The third-order valence-electron chi connectivity index (χ3n) is 3.92. The molecule has 0 atom stereocenters. The van der Waals surface area contributed by atoms with E-state index >= 15 is 0 Å². The second kappa shape index (κ2) is 10.3. The number of benzene rings is 2. The van der Waals surface area contributed by atoms with Crippen molar-refractivity contribution in [2.45, 2.75) is 18.1 Å². The van der Waals surface area contributed by atoms with Crippen molar-refractivity contribution in [3.8, 4) is 11.4 Å². The number of hydrogen-bond donors (Lipinski definition) is 1. The molecular weight excluding hydrogens is 495 g/mol. The molecule has 0 aliphatic rings. The molecule has 5 nitrogen and oxygen atoms in total. The second-order valence-electron chi connectivity index (χ2n) is 5.96. The lowest BCUT2D eigenvalue weighted by molar-refractivity contribution is -0.115. The highest BCUT2D eigenvalue weighted by molar-refractivity contribution is 9.10. The lowest BCUT2D eigenvalue weighted by Gasteiger charge is -2.10. The van der Waals surface area contributed by atoms with Gasteiger partial charge in [-0.25, -0.2) is 0 Å². The van der Waals surface area contributed by atoms with Crippen LogP contribution in [0.2, 0.25) is 10.0 Å². The van der Waals surface area contributed by atoms with Gasteiger partial charge in [0.25, 0.3) is 0 Å². The van der Waals surface area contributed by atoms with E-state index in [1.165, 1.54) is 11.8 Å². The highest BCUT2D eigenvalue weighted by atomic mass is 79.9. The van der Waals surface area contributed by atoms with Crippen molar-refractivity contribution in [3.63, 3.8) is 0 Å². The van der Waals surface area contributed by atoms with Crippen LogP contribution in [0.15, 0.2) is 64.7 Å². The minimum atomic E-state index is -0.171. The largest absolute Gasteiger partial charge is 0.324 e. The van der Waals surface area contributed by atoms with E-state index in [1.807, 2.05) is 28.8 Å². The third kappa shape index (κ3) is 5.63. The van der Waals surface area contributed by atoms with Crippen LogP contribution in [0.4, 0.5) is 5.69 Å². The number of halogens is 3. The van der Waals surface area contributed by atoms with Crippen LogP contribution < -0.4 is 5.32 Å². The number of allylic oxidation sites excluding steroid dienone is 1. The molecule has 0 saturated carbocycles. The molecule has 1 aromatic heterocycles. The van der Waals surface area contributed by atoms with E-state index in [0.29, 0.717) is 28.0 Å². The van der Waals surface area contributed by atoms with Crippen LogP contribution in [0.1, 0.15) is 6.42 Å². The van der Waals surface area contributed by atoms with E-state index in [2.05, 4.69) is 38.0 Å². The van der Waals surface area contributed by atoms with E-state index < -0.39 is 0 Å². The first-order valence-corrected chi connectivity index (χ1v) is 11.2. The summed E-state index contributed by atoms with van der Waals surface area (Å²) in [6, 6.07) is 13.0. The van der Waals surface area contributed by atoms with Gasteiger partial charge in [-0.15, -0.1) is 16.8 Å². The molecule has 0 radical (unpaired) electrons. The van der Waals surface area contributed by atoms with Gasteiger partial charge >= 0.3 is 0 Å². The Morgan fingerprint density at radius 1 is 1.17 bits per heavy atom. The Bertz CT molecular complexity index is 1000. The van der Waals surface area contributed by atoms with E-state index in [0.717, 1.165) is 21.0 Å². The average Bonchev–Trinajstić information content (AvgIpc) is 3.08. The average molecular weight is 512 g/mol. The Morgan fingerprint density at radius 2 is 1.86 bits per heavy atom. The molecule has 29 heavy (non-hydrogen) atoms. The van der Waals surface area contributed by atoms with E-state index in [9.17, 15) is 4.79 Å². The molecule has 0 unspecified atom stereocenters. The molecule has 0 aliphatic carbocycles. The fourth-order valence-electron chi connectivity index (χ4n) is 2.56. The maximum absolute atomic E-state index is 12.3. The number of rotatable bonds is 8. The van der Waals surface area contributed by atoms with Crippen LogP contribution in [-0.4, -0.2) is 26.4 Å². The van der Waals surface area contributed by atoms with Crippen LogP contribution >= 0.6 is 50.9 Å². The van der Waals surface area contributed by atoms with Gasteiger partial charge in [-0.2, -0.15) is 0 Å². The first kappa shape index (κ1) is 21.9. The lowest BCUT2D eigenvalue weighted by atomic mass is 10.2. The monoisotopic (exact) mass is 510 g/mol. The van der Waals surface area contributed by atoms with Crippen LogP contribution in [0.3, 0.4) is 0 Å². The Hall–Kier alpha value is -1.80. The minimum Gasteiger partial charge on any atom is -0.324 e. The summed E-state index contributed by atoms with van der Waals surface area (Å²) in [6.07, 6.45) is 2.07. The van der Waals surface area contributed by atoms with Gasteiger partial charge < -0.3 is 5.32 Å². The number of nitrogens with zero attached hydrogens (tertiary/aromatic N) is 3. The van der Waals surface area contributed by atoms with Crippen LogP contribution in [-0.2, 0) is 11.3 Å². The molecule has 1 N–H and O–H groups in total. The van der Waals surface area contributed by atoms with Crippen LogP contribution in [0.25, 0.3) is 11.4 Å². The van der Waals surface area contributed by atoms with Crippen molar-refractivity contribution in [1.82, 2.24) is 14.8 Å². The van der Waals surface area contributed by atoms with Crippen LogP contribution in [0, 0.1) is 0 Å². The number of nitrogens with one attached hydrogen (secondary N) is 1. The number of hydrogen-bond acceptors (Lipinski definition) is 4. The number of aromatic nitrogens is 3. The summed E-state index contributed by atoms with van der Waals surface area (Å²) in [5.41, 5.74) is 1.39. The van der Waals surface area contributed by atoms with Gasteiger partial charge in [0.2, 0.25) is 5.91 Å². The van der Waals surface area contributed by atoms with Crippen molar-refractivity contribution in [2.24, 2.45) is 0 Å². The van der Waals surface area contributed by atoms with Gasteiger partial charge in [-0.1, -0.05) is 75.2 Å². The summed E-state index contributed by atoms with van der Waals surface area (Å²) in [7, 11) is 0. The molecule has 0 bridgehead atoms. The van der Waals surface area contributed by atoms with Crippen molar-refractivity contribution in [3.05, 3.63) is 69.6 Å². The number of carbonyl (C=O) groups excluding carboxylic acids is 1. The van der Waals surface area contributed by atoms with Crippen LogP contribution in [0.5, 0.6) is 0 Å². The lowest BCUT2D eigenvalue weighted by Crippen LogP contribution is -2.13. The predicted molar refractivity (Wildman–Crippen MR) is 124 cm³/mol. The van der Waals surface area contributed by atoms with Gasteiger partial charge in [0, 0.05) is 28.8 Å². The summed E-state index contributed by atoms with van der Waals surface area (Å²) < 4.78 is 2.97. The number of carbonyl (C=O) groups is 1. The molecule has 0 spiro atoms. The zero-order valence-electron chi connectivity index (χ0n) is 15.2. The minimum absolute atomic E-state index is 0.171. The normalized spacial score (nSPS) is 10.7. The molecule has 9 heteroatoms. The smallest absolute Gasteiger partial charge is 0.225 e. The zero-order chi connectivity index (χ0) is 20.8. The van der Waals surface area contributed by atoms with Gasteiger partial charge in [-0.3, -0.25) is 9.36 Å². The molecule has 150 valence electrons. The molecular formula is C20H17BrCl2N4OS. The molecule has 0 fully saturated rings. The number of para-hydroxylation sites is 1. The maximum atomic E-state index is 12.3. The molecule has 3 rings (SSSR count). The van der Waals surface area contributed by atoms with Crippen molar-refractivity contribution in [1.29, 1.82) is 0 Å². The quantitative estimate of drug-likeness (QED) is 0.284. The Morgan fingerprint density at radius 3 is 2.52 bits per heavy atom. The van der Waals surface area contributed by atoms with E-state index in [4.69, 9.17) is 23.2 Å². The Labute approximate surface area is 191 Å². The highest BCUT2D eigenvalue weighted by Gasteiger charge is 2.15. The van der Waals surface area contributed by atoms with E-state index in [1.54, 1.807) is 24.3 Å². The standard InChI is InChI=1S/C20H17BrCl2N4OS/c1-2-11-27-19(13-6-8-14(21)9-7-13)25-26-20(27)29-12-10-17(28)24-18-15(22)4-3-5-16(18)23/h2-9H,1,10-12H2,(H,24,28). The van der Waals surface area contributed by atoms with Gasteiger partial charge in [0.1, 0.15) is 0 Å². The van der Waals surface area contributed by atoms with Crippen molar-refractivity contribution < 1.29 is 4.79 Å². The fraction of sp³-hybridized carbons (Fsp3) is 0.150. The highest BCUT2D eigenvalue weighted by Crippen LogP contribution is 2.30. The second-order valence-corrected chi connectivity index (χ2v) is 8.75. The predicted octanol–water partition coefficient (Wildman–Crippen LogP) is 6.32. The zero-order valence-corrected chi connectivity index (χ0v) is 19.2.